The number of hydrogen-bond donors (Lipinski definition) is 1. The first-order valence-corrected chi connectivity index (χ1v) is 4.79. The average molecular weight is 206 g/mol. The van der Waals surface area contributed by atoms with E-state index in [-0.39, 0.29) is 0 Å². The summed E-state index contributed by atoms with van der Waals surface area (Å²) in [7, 11) is 3.76. The van der Waals surface area contributed by atoms with Gasteiger partial charge in [-0.3, -0.25) is 4.68 Å². The van der Waals surface area contributed by atoms with Gasteiger partial charge in [0.05, 0.1) is 13.1 Å². The highest BCUT2D eigenvalue weighted by molar-refractivity contribution is 4.99. The number of aryl methyl sites for hydroxylation is 1. The van der Waals surface area contributed by atoms with Crippen LogP contribution < -0.4 is 5.32 Å². The zero-order chi connectivity index (χ0) is 10.7. The van der Waals surface area contributed by atoms with Crippen LogP contribution in [-0.4, -0.2) is 31.6 Å². The zero-order valence-corrected chi connectivity index (χ0v) is 8.88. The van der Waals surface area contributed by atoms with Crippen LogP contribution in [0.15, 0.2) is 18.6 Å². The van der Waals surface area contributed by atoms with Gasteiger partial charge in [-0.2, -0.15) is 0 Å². The van der Waals surface area contributed by atoms with Crippen molar-refractivity contribution in [3.05, 3.63) is 30.1 Å². The van der Waals surface area contributed by atoms with E-state index in [1.54, 1.807) is 10.9 Å². The smallest absolute Gasteiger partial charge is 0.123 e. The third-order valence-electron chi connectivity index (χ3n) is 2.12. The molecule has 2 aromatic rings. The lowest BCUT2D eigenvalue weighted by Crippen LogP contribution is -2.12. The van der Waals surface area contributed by atoms with E-state index >= 15 is 0 Å². The Bertz CT molecular complexity index is 429. The Labute approximate surface area is 87.9 Å². The maximum Gasteiger partial charge on any atom is 0.123 e. The zero-order valence-electron chi connectivity index (χ0n) is 8.88. The van der Waals surface area contributed by atoms with Crippen molar-refractivity contribution >= 4 is 0 Å². The first kappa shape index (κ1) is 9.85. The van der Waals surface area contributed by atoms with Gasteiger partial charge in [-0.15, -0.1) is 5.10 Å². The van der Waals surface area contributed by atoms with Crippen LogP contribution in [0.1, 0.15) is 11.5 Å². The molecule has 0 spiro atoms. The van der Waals surface area contributed by atoms with Gasteiger partial charge in [-0.05, 0) is 7.05 Å². The van der Waals surface area contributed by atoms with Gasteiger partial charge in [-0.25, -0.2) is 4.98 Å². The van der Waals surface area contributed by atoms with Gasteiger partial charge in [0.15, 0.2) is 0 Å². The van der Waals surface area contributed by atoms with E-state index in [2.05, 4.69) is 25.2 Å². The van der Waals surface area contributed by atoms with Crippen LogP contribution >= 0.6 is 0 Å². The quantitative estimate of drug-likeness (QED) is 0.751. The maximum atomic E-state index is 4.25. The van der Waals surface area contributed by atoms with E-state index in [4.69, 9.17) is 0 Å². The van der Waals surface area contributed by atoms with Crippen molar-refractivity contribution < 1.29 is 0 Å². The second-order valence-corrected chi connectivity index (χ2v) is 3.39. The third kappa shape index (κ3) is 2.21. The van der Waals surface area contributed by atoms with E-state index in [0.29, 0.717) is 6.54 Å². The fourth-order valence-corrected chi connectivity index (χ4v) is 1.45. The van der Waals surface area contributed by atoms with E-state index in [9.17, 15) is 0 Å². The molecule has 80 valence electrons. The van der Waals surface area contributed by atoms with E-state index < -0.39 is 0 Å². The minimum Gasteiger partial charge on any atom is -0.328 e. The monoisotopic (exact) mass is 206 g/mol. The number of nitrogens with one attached hydrogen (secondary N) is 1. The lowest BCUT2D eigenvalue weighted by molar-refractivity contribution is 0.662. The molecule has 0 bridgehead atoms. The Morgan fingerprint density at radius 3 is 3.00 bits per heavy atom. The molecule has 0 radical (unpaired) electrons. The summed E-state index contributed by atoms with van der Waals surface area (Å²) in [5, 5.41) is 11.0. The minimum atomic E-state index is 0.713. The van der Waals surface area contributed by atoms with Crippen molar-refractivity contribution in [2.45, 2.75) is 13.1 Å². The molecule has 2 rings (SSSR count). The van der Waals surface area contributed by atoms with Gasteiger partial charge in [0.1, 0.15) is 11.5 Å². The molecule has 0 aliphatic heterocycles. The molecular formula is C9H14N6. The second-order valence-electron chi connectivity index (χ2n) is 3.39. The highest BCUT2D eigenvalue weighted by atomic mass is 15.4. The Hall–Kier alpha value is -1.69. The topological polar surface area (TPSA) is 60.6 Å². The van der Waals surface area contributed by atoms with Crippen molar-refractivity contribution in [1.29, 1.82) is 0 Å². The highest BCUT2D eigenvalue weighted by Gasteiger charge is 2.04. The Morgan fingerprint density at radius 2 is 2.33 bits per heavy atom. The summed E-state index contributed by atoms with van der Waals surface area (Å²) in [6, 6.07) is 0. The number of nitrogens with zero attached hydrogens (tertiary/aromatic N) is 5. The molecule has 15 heavy (non-hydrogen) atoms. The van der Waals surface area contributed by atoms with Crippen LogP contribution in [0.2, 0.25) is 0 Å². The lowest BCUT2D eigenvalue weighted by Gasteiger charge is -2.04. The SMILES string of the molecule is CNCc1nccn1Cc1cn(C)nn1. The fraction of sp³-hybridized carbons (Fsp3) is 0.444. The van der Waals surface area contributed by atoms with Gasteiger partial charge in [0, 0.05) is 25.6 Å². The molecule has 6 nitrogen and oxygen atoms in total. The predicted molar refractivity (Wildman–Crippen MR) is 55.1 cm³/mol. The van der Waals surface area contributed by atoms with Gasteiger partial charge >= 0.3 is 0 Å². The number of imidazole rings is 1. The molecule has 0 fully saturated rings. The molecule has 0 saturated carbocycles. The van der Waals surface area contributed by atoms with Gasteiger partial charge in [0.25, 0.3) is 0 Å². The summed E-state index contributed by atoms with van der Waals surface area (Å²) in [6.07, 6.45) is 5.65. The van der Waals surface area contributed by atoms with Crippen LogP contribution in [0.4, 0.5) is 0 Å². The molecule has 0 aromatic carbocycles. The van der Waals surface area contributed by atoms with Gasteiger partial charge in [0.2, 0.25) is 0 Å². The summed E-state index contributed by atoms with van der Waals surface area (Å²) < 4.78 is 3.75. The molecule has 0 aliphatic rings. The first-order valence-electron chi connectivity index (χ1n) is 4.79. The first-order chi connectivity index (χ1) is 7.29. The minimum absolute atomic E-state index is 0.713. The second kappa shape index (κ2) is 4.22. The standard InChI is InChI=1S/C9H14N6/c1-10-5-9-11-3-4-15(9)7-8-6-14(2)13-12-8/h3-4,6,10H,5,7H2,1-2H3. The van der Waals surface area contributed by atoms with Crippen LogP contribution in [0.5, 0.6) is 0 Å². The van der Waals surface area contributed by atoms with E-state index in [1.165, 1.54) is 0 Å². The predicted octanol–water partition coefficient (Wildman–Crippen LogP) is -0.221. The van der Waals surface area contributed by atoms with Crippen molar-refractivity contribution in [2.24, 2.45) is 7.05 Å². The molecule has 0 atom stereocenters. The Morgan fingerprint density at radius 1 is 1.47 bits per heavy atom. The van der Waals surface area contributed by atoms with E-state index in [1.807, 2.05) is 26.5 Å². The molecule has 0 saturated heterocycles. The lowest BCUT2D eigenvalue weighted by atomic mass is 10.4. The molecule has 0 unspecified atom stereocenters. The molecule has 6 heteroatoms. The van der Waals surface area contributed by atoms with Crippen LogP contribution in [0.25, 0.3) is 0 Å². The molecular weight excluding hydrogens is 192 g/mol. The van der Waals surface area contributed by atoms with Gasteiger partial charge < -0.3 is 9.88 Å². The summed E-state index contributed by atoms with van der Waals surface area (Å²) in [5.74, 6) is 1.00. The molecule has 2 heterocycles. The van der Waals surface area contributed by atoms with E-state index in [0.717, 1.165) is 18.1 Å². The summed E-state index contributed by atoms with van der Waals surface area (Å²) in [6.45, 7) is 1.47. The van der Waals surface area contributed by atoms with Crippen LogP contribution in [0, 0.1) is 0 Å². The Kier molecular flexibility index (Phi) is 2.77. The van der Waals surface area contributed by atoms with Crippen molar-refractivity contribution in [3.63, 3.8) is 0 Å². The molecule has 2 aromatic heterocycles. The molecule has 0 aliphatic carbocycles. The molecule has 0 amide bonds. The fourth-order valence-electron chi connectivity index (χ4n) is 1.45. The highest BCUT2D eigenvalue weighted by Crippen LogP contribution is 2.01. The van der Waals surface area contributed by atoms with Crippen molar-refractivity contribution in [2.75, 3.05) is 7.05 Å². The number of aromatic nitrogens is 5. The van der Waals surface area contributed by atoms with Crippen LogP contribution in [0.3, 0.4) is 0 Å². The van der Waals surface area contributed by atoms with Gasteiger partial charge in [-0.1, -0.05) is 5.21 Å². The normalized spacial score (nSPS) is 10.8. The summed E-state index contributed by atoms with van der Waals surface area (Å²) in [5.41, 5.74) is 0.938. The molecule has 1 N–H and O–H groups in total. The largest absolute Gasteiger partial charge is 0.328 e. The summed E-state index contributed by atoms with van der Waals surface area (Å²) >= 11 is 0. The van der Waals surface area contributed by atoms with Crippen molar-refractivity contribution in [3.8, 4) is 0 Å². The maximum absolute atomic E-state index is 4.25. The summed E-state index contributed by atoms with van der Waals surface area (Å²) in [4.78, 5) is 4.25. The van der Waals surface area contributed by atoms with Crippen molar-refractivity contribution in [1.82, 2.24) is 29.9 Å². The average Bonchev–Trinajstić information content (AvgIpc) is 2.78. The third-order valence-corrected chi connectivity index (χ3v) is 2.12. The number of hydrogen-bond acceptors (Lipinski definition) is 4. The number of rotatable bonds is 4. The van der Waals surface area contributed by atoms with Crippen LogP contribution in [-0.2, 0) is 20.1 Å². The Balaban J connectivity index is 2.13.